The van der Waals surface area contributed by atoms with Crippen LogP contribution < -0.4 is 0 Å². The minimum absolute atomic E-state index is 0.0883. The highest BCUT2D eigenvalue weighted by Gasteiger charge is 2.44. The Hall–Kier alpha value is -1.96. The van der Waals surface area contributed by atoms with Gasteiger partial charge in [-0.3, -0.25) is 14.5 Å². The molecule has 3 heterocycles. The lowest BCUT2D eigenvalue weighted by molar-refractivity contribution is -0.154. The molecule has 250 valence electrons. The van der Waals surface area contributed by atoms with Crippen molar-refractivity contribution in [2.75, 3.05) is 32.8 Å². The normalized spacial score (nSPS) is 33.4. The van der Waals surface area contributed by atoms with Crippen molar-refractivity contribution in [1.29, 1.82) is 0 Å². The molecule has 0 spiro atoms. The maximum Gasteiger partial charge on any atom is 0.320 e. The third kappa shape index (κ3) is 11.4. The highest BCUT2D eigenvalue weighted by molar-refractivity contribution is 5.72. The van der Waals surface area contributed by atoms with Gasteiger partial charge in [-0.25, -0.2) is 0 Å². The van der Waals surface area contributed by atoms with Gasteiger partial charge in [-0.1, -0.05) is 86.1 Å². The summed E-state index contributed by atoms with van der Waals surface area (Å²) in [6.07, 6.45) is 14.7. The highest BCUT2D eigenvalue weighted by atomic mass is 16.6. The number of hydrogen-bond acceptors (Lipinski definition) is 7. The predicted molar refractivity (Wildman–Crippen MR) is 176 cm³/mol. The van der Waals surface area contributed by atoms with Crippen molar-refractivity contribution in [2.45, 2.75) is 119 Å². The van der Waals surface area contributed by atoms with E-state index in [-0.39, 0.29) is 41.8 Å². The molecule has 3 aliphatic rings. The average molecular weight is 616 g/mol. The number of rotatable bonds is 11. The summed E-state index contributed by atoms with van der Waals surface area (Å²) in [5.41, 5.74) is 0.721. The quantitative estimate of drug-likeness (QED) is 0.106. The van der Waals surface area contributed by atoms with Gasteiger partial charge >= 0.3 is 11.9 Å². The predicted octanol–water partition coefficient (Wildman–Crippen LogP) is 7.16. The van der Waals surface area contributed by atoms with Crippen LogP contribution in [0.1, 0.15) is 94.4 Å². The molecule has 0 aliphatic carbocycles. The van der Waals surface area contributed by atoms with Gasteiger partial charge in [0.05, 0.1) is 32.0 Å². The van der Waals surface area contributed by atoms with Gasteiger partial charge in [0.2, 0.25) is 0 Å². The van der Waals surface area contributed by atoms with Gasteiger partial charge in [0.25, 0.3) is 0 Å². The van der Waals surface area contributed by atoms with Gasteiger partial charge in [0, 0.05) is 30.8 Å². The maximum atomic E-state index is 13.0. The second kappa shape index (κ2) is 17.1. The number of esters is 2. The van der Waals surface area contributed by atoms with E-state index in [4.69, 9.17) is 18.9 Å². The first kappa shape index (κ1) is 36.5. The first-order chi connectivity index (χ1) is 20.8. The van der Waals surface area contributed by atoms with Crippen molar-refractivity contribution in [3.63, 3.8) is 0 Å². The Morgan fingerprint density at radius 3 is 2.55 bits per heavy atom. The zero-order valence-electron chi connectivity index (χ0n) is 29.1. The third-order valence-corrected chi connectivity index (χ3v) is 10.1. The highest BCUT2D eigenvalue weighted by Crippen LogP contribution is 2.38. The van der Waals surface area contributed by atoms with Crippen molar-refractivity contribution in [2.24, 2.45) is 35.0 Å². The monoisotopic (exact) mass is 615 g/mol. The fourth-order valence-corrected chi connectivity index (χ4v) is 6.35. The maximum absolute atomic E-state index is 13.0. The summed E-state index contributed by atoms with van der Waals surface area (Å²) < 4.78 is 23.7. The summed E-state index contributed by atoms with van der Waals surface area (Å²) in [5.74, 6) is 1.38. The molecule has 0 bridgehead atoms. The van der Waals surface area contributed by atoms with Crippen LogP contribution in [0, 0.1) is 35.0 Å². The van der Waals surface area contributed by atoms with Gasteiger partial charge in [-0.15, -0.1) is 0 Å². The number of carbonyl (C=O) groups is 2. The summed E-state index contributed by atoms with van der Waals surface area (Å²) in [6, 6.07) is 0. The van der Waals surface area contributed by atoms with Crippen molar-refractivity contribution < 1.29 is 28.5 Å². The number of ether oxygens (including phenoxy) is 4. The van der Waals surface area contributed by atoms with E-state index < -0.39 is 6.10 Å². The van der Waals surface area contributed by atoms with Crippen molar-refractivity contribution in [1.82, 2.24) is 4.90 Å². The largest absolute Gasteiger partial charge is 0.457 e. The van der Waals surface area contributed by atoms with Crippen LogP contribution >= 0.6 is 0 Å². The number of allylic oxidation sites excluding steroid dienone is 3. The van der Waals surface area contributed by atoms with Crippen LogP contribution in [-0.2, 0) is 28.5 Å². The fourth-order valence-electron chi connectivity index (χ4n) is 6.35. The van der Waals surface area contributed by atoms with E-state index >= 15 is 0 Å². The molecule has 0 radical (unpaired) electrons. The molecule has 2 fully saturated rings. The van der Waals surface area contributed by atoms with E-state index in [0.29, 0.717) is 49.6 Å². The standard InChI is InChI=1S/C37H61NO6/c1-10-27(4)30(7)36-31(42-36)22-25(2)12-11-13-28(5)35-29(6)14-15-32(43-34(40)24-38-18-20-41-21-19-38)37(8,9)17-16-26(3)23-33(39)44-35/h11-15,25-27,29-32,35-36H,10,16-24H2,1-9H3/b12-11+,15-14-,28-13+. The Morgan fingerprint density at radius 2 is 1.86 bits per heavy atom. The number of epoxide rings is 1. The van der Waals surface area contributed by atoms with E-state index in [1.54, 1.807) is 0 Å². The lowest BCUT2D eigenvalue weighted by Crippen LogP contribution is -2.42. The van der Waals surface area contributed by atoms with Crippen LogP contribution in [-0.4, -0.2) is 74.1 Å². The molecule has 0 aromatic heterocycles. The molecule has 44 heavy (non-hydrogen) atoms. The SMILES string of the molecule is CCC(C)C(C)C1OC1CC(C)/C=C/C=C(\C)C1OC(=O)CC(C)CCC(C)(C)C(OC(=O)CN2CCOCC2)/C=C\C1C. The minimum atomic E-state index is -0.398. The summed E-state index contributed by atoms with van der Waals surface area (Å²) >= 11 is 0. The Morgan fingerprint density at radius 1 is 1.16 bits per heavy atom. The van der Waals surface area contributed by atoms with Crippen LogP contribution in [0.4, 0.5) is 0 Å². The van der Waals surface area contributed by atoms with E-state index in [9.17, 15) is 9.59 Å². The zero-order chi connectivity index (χ0) is 32.4. The van der Waals surface area contributed by atoms with Crippen molar-refractivity contribution >= 4 is 11.9 Å². The van der Waals surface area contributed by atoms with Gasteiger partial charge in [-0.05, 0) is 61.5 Å². The lowest BCUT2D eigenvalue weighted by Gasteiger charge is -2.35. The Bertz CT molecular complexity index is 1010. The Kier molecular flexibility index (Phi) is 14.2. The van der Waals surface area contributed by atoms with E-state index in [1.165, 1.54) is 6.42 Å². The number of nitrogens with zero attached hydrogens (tertiary/aromatic N) is 1. The van der Waals surface area contributed by atoms with E-state index in [0.717, 1.165) is 37.9 Å². The molecule has 9 atom stereocenters. The molecule has 0 aromatic rings. The topological polar surface area (TPSA) is 77.6 Å². The van der Waals surface area contributed by atoms with Crippen molar-refractivity contribution in [3.8, 4) is 0 Å². The van der Waals surface area contributed by atoms with Crippen LogP contribution in [0.15, 0.2) is 36.0 Å². The molecule has 7 heteroatoms. The third-order valence-electron chi connectivity index (χ3n) is 10.1. The van der Waals surface area contributed by atoms with Gasteiger partial charge in [0.15, 0.2) is 0 Å². The van der Waals surface area contributed by atoms with Crippen LogP contribution in [0.2, 0.25) is 0 Å². The first-order valence-corrected chi connectivity index (χ1v) is 17.2. The summed E-state index contributed by atoms with van der Waals surface area (Å²) in [6.45, 7) is 22.6. The van der Waals surface area contributed by atoms with Crippen LogP contribution in [0.5, 0.6) is 0 Å². The van der Waals surface area contributed by atoms with Crippen molar-refractivity contribution in [3.05, 3.63) is 36.0 Å². The molecular formula is C37H61NO6. The summed E-state index contributed by atoms with van der Waals surface area (Å²) in [7, 11) is 0. The second-order valence-electron chi connectivity index (χ2n) is 14.7. The van der Waals surface area contributed by atoms with Crippen LogP contribution in [0.25, 0.3) is 0 Å². The van der Waals surface area contributed by atoms with Gasteiger partial charge < -0.3 is 18.9 Å². The van der Waals surface area contributed by atoms with E-state index in [2.05, 4.69) is 84.6 Å². The summed E-state index contributed by atoms with van der Waals surface area (Å²) in [5, 5.41) is 0. The smallest absolute Gasteiger partial charge is 0.320 e. The number of hydrogen-bond donors (Lipinski definition) is 0. The molecule has 7 nitrogen and oxygen atoms in total. The number of carbonyl (C=O) groups excluding carboxylic acids is 2. The lowest BCUT2D eigenvalue weighted by atomic mass is 9.78. The second-order valence-corrected chi connectivity index (χ2v) is 14.7. The molecule has 0 aromatic carbocycles. The van der Waals surface area contributed by atoms with Gasteiger partial charge in [0.1, 0.15) is 12.2 Å². The Labute approximate surface area is 267 Å². The minimum Gasteiger partial charge on any atom is -0.457 e. The Balaban J connectivity index is 1.69. The summed E-state index contributed by atoms with van der Waals surface area (Å²) in [4.78, 5) is 28.1. The molecule has 0 saturated carbocycles. The molecule has 0 amide bonds. The molecule has 9 unspecified atom stereocenters. The van der Waals surface area contributed by atoms with Crippen LogP contribution in [0.3, 0.4) is 0 Å². The molecular weight excluding hydrogens is 554 g/mol. The molecule has 2 saturated heterocycles. The molecule has 3 aliphatic heterocycles. The zero-order valence-corrected chi connectivity index (χ0v) is 29.1. The van der Waals surface area contributed by atoms with E-state index in [1.807, 2.05) is 13.0 Å². The average Bonchev–Trinajstić information content (AvgIpc) is 3.74. The number of cyclic esters (lactones) is 1. The molecule has 3 rings (SSSR count). The first-order valence-electron chi connectivity index (χ1n) is 17.2. The molecule has 0 N–H and O–H groups in total. The fraction of sp³-hybridized carbons (Fsp3) is 0.784. The number of morpholine rings is 1. The van der Waals surface area contributed by atoms with Gasteiger partial charge in [-0.2, -0.15) is 0 Å².